The van der Waals surface area contributed by atoms with Crippen LogP contribution in [0.2, 0.25) is 0 Å². The fourth-order valence-electron chi connectivity index (χ4n) is 2.24. The van der Waals surface area contributed by atoms with E-state index in [1.807, 2.05) is 18.2 Å². The second-order valence-electron chi connectivity index (χ2n) is 4.55. The van der Waals surface area contributed by atoms with Crippen molar-refractivity contribution in [2.24, 2.45) is 0 Å². The molecule has 0 unspecified atom stereocenters. The average molecular weight is 314 g/mol. The second kappa shape index (κ2) is 7.00. The Hall–Kier alpha value is -0.740. The summed E-state index contributed by atoms with van der Waals surface area (Å²) in [5.41, 5.74) is 0. The molecule has 1 saturated heterocycles. The zero-order valence-corrected chi connectivity index (χ0v) is 12.4. The van der Waals surface area contributed by atoms with E-state index in [2.05, 4.69) is 20.8 Å². The van der Waals surface area contributed by atoms with Gasteiger partial charge in [-0.05, 0) is 50.6 Å². The van der Waals surface area contributed by atoms with Gasteiger partial charge in [-0.15, -0.1) is 0 Å². The van der Waals surface area contributed by atoms with Gasteiger partial charge in [0, 0.05) is 11.0 Å². The minimum atomic E-state index is 0.745. The van der Waals surface area contributed by atoms with Gasteiger partial charge in [0.2, 0.25) is 0 Å². The van der Waals surface area contributed by atoms with Crippen LogP contribution >= 0.6 is 15.9 Å². The van der Waals surface area contributed by atoms with Gasteiger partial charge in [-0.2, -0.15) is 0 Å². The Kier molecular flexibility index (Phi) is 5.32. The van der Waals surface area contributed by atoms with Crippen molar-refractivity contribution in [2.45, 2.75) is 19.3 Å². The number of ether oxygens (including phenoxy) is 2. The summed E-state index contributed by atoms with van der Waals surface area (Å²) in [5.74, 6) is 1.60. The lowest BCUT2D eigenvalue weighted by Gasteiger charge is -2.15. The molecule has 0 aromatic heterocycles. The molecular weight excluding hydrogens is 294 g/mol. The third-order valence-corrected chi connectivity index (χ3v) is 3.69. The summed E-state index contributed by atoms with van der Waals surface area (Å²) in [5, 5.41) is 0. The SMILES string of the molecule is COc1cc(Br)ccc1OCCCN1CCCC1. The minimum Gasteiger partial charge on any atom is -0.493 e. The van der Waals surface area contributed by atoms with E-state index in [1.165, 1.54) is 25.9 Å². The average Bonchev–Trinajstić information content (AvgIpc) is 2.89. The van der Waals surface area contributed by atoms with Crippen LogP contribution in [0.15, 0.2) is 22.7 Å². The maximum absolute atomic E-state index is 5.77. The van der Waals surface area contributed by atoms with Crippen molar-refractivity contribution >= 4 is 15.9 Å². The first-order chi connectivity index (χ1) is 8.79. The van der Waals surface area contributed by atoms with Gasteiger partial charge in [0.05, 0.1) is 13.7 Å². The zero-order chi connectivity index (χ0) is 12.8. The Morgan fingerprint density at radius 2 is 2.00 bits per heavy atom. The number of benzene rings is 1. The quantitative estimate of drug-likeness (QED) is 0.752. The Morgan fingerprint density at radius 3 is 2.72 bits per heavy atom. The molecule has 0 amide bonds. The summed E-state index contributed by atoms with van der Waals surface area (Å²) in [6, 6.07) is 5.84. The van der Waals surface area contributed by atoms with E-state index in [9.17, 15) is 0 Å². The highest BCUT2D eigenvalue weighted by molar-refractivity contribution is 9.10. The summed E-state index contributed by atoms with van der Waals surface area (Å²) >= 11 is 3.42. The first-order valence-electron chi connectivity index (χ1n) is 6.48. The summed E-state index contributed by atoms with van der Waals surface area (Å²) in [6.07, 6.45) is 3.77. The Labute approximate surface area is 117 Å². The van der Waals surface area contributed by atoms with E-state index in [0.717, 1.165) is 35.5 Å². The molecule has 0 saturated carbocycles. The Bertz CT molecular complexity index is 378. The van der Waals surface area contributed by atoms with Crippen LogP contribution in [0.3, 0.4) is 0 Å². The fraction of sp³-hybridized carbons (Fsp3) is 0.571. The van der Waals surface area contributed by atoms with Crippen LogP contribution in [0.4, 0.5) is 0 Å². The Morgan fingerprint density at radius 1 is 1.22 bits per heavy atom. The summed E-state index contributed by atoms with van der Waals surface area (Å²) < 4.78 is 12.1. The van der Waals surface area contributed by atoms with Crippen molar-refractivity contribution in [3.05, 3.63) is 22.7 Å². The number of methoxy groups -OCH3 is 1. The predicted octanol–water partition coefficient (Wildman–Crippen LogP) is 3.32. The van der Waals surface area contributed by atoms with E-state index in [4.69, 9.17) is 9.47 Å². The lowest BCUT2D eigenvalue weighted by molar-refractivity contribution is 0.254. The van der Waals surface area contributed by atoms with Gasteiger partial charge >= 0.3 is 0 Å². The largest absolute Gasteiger partial charge is 0.493 e. The van der Waals surface area contributed by atoms with Crippen molar-refractivity contribution in [3.8, 4) is 11.5 Å². The highest BCUT2D eigenvalue weighted by atomic mass is 79.9. The molecule has 3 nitrogen and oxygen atoms in total. The molecule has 1 fully saturated rings. The van der Waals surface area contributed by atoms with Crippen LogP contribution < -0.4 is 9.47 Å². The van der Waals surface area contributed by atoms with Crippen molar-refractivity contribution in [3.63, 3.8) is 0 Å². The van der Waals surface area contributed by atoms with Gasteiger partial charge in [0.1, 0.15) is 0 Å². The number of nitrogens with zero attached hydrogens (tertiary/aromatic N) is 1. The molecule has 0 radical (unpaired) electrons. The topological polar surface area (TPSA) is 21.7 Å². The number of rotatable bonds is 6. The Balaban J connectivity index is 1.75. The smallest absolute Gasteiger partial charge is 0.161 e. The summed E-state index contributed by atoms with van der Waals surface area (Å²) in [7, 11) is 1.67. The zero-order valence-electron chi connectivity index (χ0n) is 10.8. The molecule has 0 atom stereocenters. The number of halogens is 1. The predicted molar refractivity (Wildman–Crippen MR) is 76.5 cm³/mol. The van der Waals surface area contributed by atoms with Gasteiger partial charge in [-0.1, -0.05) is 15.9 Å². The third-order valence-electron chi connectivity index (χ3n) is 3.20. The monoisotopic (exact) mass is 313 g/mol. The summed E-state index contributed by atoms with van der Waals surface area (Å²) in [4.78, 5) is 2.50. The van der Waals surface area contributed by atoms with Crippen LogP contribution in [-0.2, 0) is 0 Å². The van der Waals surface area contributed by atoms with Crippen LogP contribution in [-0.4, -0.2) is 38.3 Å². The molecule has 1 aliphatic heterocycles. The molecule has 1 aromatic rings. The van der Waals surface area contributed by atoms with Gasteiger partial charge < -0.3 is 14.4 Å². The van der Waals surface area contributed by atoms with Gasteiger partial charge in [-0.25, -0.2) is 0 Å². The molecular formula is C14H20BrNO2. The molecule has 1 aromatic carbocycles. The van der Waals surface area contributed by atoms with Gasteiger partial charge in [-0.3, -0.25) is 0 Å². The first-order valence-corrected chi connectivity index (χ1v) is 7.27. The van der Waals surface area contributed by atoms with Crippen LogP contribution in [0.25, 0.3) is 0 Å². The summed E-state index contributed by atoms with van der Waals surface area (Å²) in [6.45, 7) is 4.39. The standard InChI is InChI=1S/C14H20BrNO2/c1-17-14-11-12(15)5-6-13(14)18-10-4-9-16-7-2-3-8-16/h5-6,11H,2-4,7-10H2,1H3. The van der Waals surface area contributed by atoms with Crippen molar-refractivity contribution in [2.75, 3.05) is 33.4 Å². The molecule has 1 heterocycles. The maximum Gasteiger partial charge on any atom is 0.161 e. The van der Waals surface area contributed by atoms with Crippen molar-refractivity contribution in [1.29, 1.82) is 0 Å². The number of hydrogen-bond donors (Lipinski definition) is 0. The van der Waals surface area contributed by atoms with Crippen LogP contribution in [0.1, 0.15) is 19.3 Å². The van der Waals surface area contributed by atoms with E-state index in [-0.39, 0.29) is 0 Å². The normalized spacial score (nSPS) is 15.9. The van der Waals surface area contributed by atoms with Crippen LogP contribution in [0, 0.1) is 0 Å². The van der Waals surface area contributed by atoms with Crippen LogP contribution in [0.5, 0.6) is 11.5 Å². The first kappa shape index (κ1) is 13.7. The number of hydrogen-bond acceptors (Lipinski definition) is 3. The molecule has 2 rings (SSSR count). The van der Waals surface area contributed by atoms with E-state index < -0.39 is 0 Å². The third kappa shape index (κ3) is 3.89. The highest BCUT2D eigenvalue weighted by Crippen LogP contribution is 2.30. The lowest BCUT2D eigenvalue weighted by atomic mass is 10.3. The molecule has 18 heavy (non-hydrogen) atoms. The van der Waals surface area contributed by atoms with Gasteiger partial charge in [0.25, 0.3) is 0 Å². The molecule has 100 valence electrons. The molecule has 4 heteroatoms. The van der Waals surface area contributed by atoms with Gasteiger partial charge in [0.15, 0.2) is 11.5 Å². The van der Waals surface area contributed by atoms with E-state index in [0.29, 0.717) is 0 Å². The molecule has 1 aliphatic rings. The highest BCUT2D eigenvalue weighted by Gasteiger charge is 2.10. The van der Waals surface area contributed by atoms with E-state index in [1.54, 1.807) is 7.11 Å². The molecule has 0 N–H and O–H groups in total. The minimum absolute atomic E-state index is 0.745. The number of likely N-dealkylation sites (tertiary alicyclic amines) is 1. The van der Waals surface area contributed by atoms with E-state index >= 15 is 0 Å². The molecule has 0 spiro atoms. The van der Waals surface area contributed by atoms with Crippen molar-refractivity contribution in [1.82, 2.24) is 4.90 Å². The molecule has 0 bridgehead atoms. The van der Waals surface area contributed by atoms with Crippen molar-refractivity contribution < 1.29 is 9.47 Å². The molecule has 0 aliphatic carbocycles. The maximum atomic E-state index is 5.77. The fourth-order valence-corrected chi connectivity index (χ4v) is 2.58. The lowest BCUT2D eigenvalue weighted by Crippen LogP contribution is -2.21. The second-order valence-corrected chi connectivity index (χ2v) is 5.46.